The van der Waals surface area contributed by atoms with E-state index >= 15 is 0 Å². The van der Waals surface area contributed by atoms with E-state index < -0.39 is 17.8 Å². The number of nitrogens with two attached hydrogens (primary N) is 2. The average Bonchev–Trinajstić information content (AvgIpc) is 2.95. The minimum Gasteiger partial charge on any atom is -0.462 e. The number of thiophene rings is 1. The largest absolute Gasteiger partial charge is 0.462 e. The van der Waals surface area contributed by atoms with Gasteiger partial charge in [0.25, 0.3) is 0 Å². The van der Waals surface area contributed by atoms with Gasteiger partial charge in [-0.05, 0) is 26.3 Å². The van der Waals surface area contributed by atoms with E-state index in [2.05, 4.69) is 15.3 Å². The molecule has 0 unspecified atom stereocenters. The molecule has 0 aliphatic carbocycles. The van der Waals surface area contributed by atoms with Crippen LogP contribution in [-0.2, 0) is 14.3 Å². The Balaban J connectivity index is 2.20. The highest BCUT2D eigenvalue weighted by molar-refractivity contribution is 7.99. The molecule has 0 radical (unpaired) electrons. The van der Waals surface area contributed by atoms with Gasteiger partial charge in [-0.3, -0.25) is 4.79 Å². The van der Waals surface area contributed by atoms with Crippen LogP contribution in [0.1, 0.15) is 39.4 Å². The van der Waals surface area contributed by atoms with Crippen LogP contribution in [0.5, 0.6) is 0 Å². The highest BCUT2D eigenvalue weighted by atomic mass is 32.2. The van der Waals surface area contributed by atoms with Crippen molar-refractivity contribution in [2.75, 3.05) is 35.8 Å². The molecule has 0 fully saturated rings. The molecular weight excluding hydrogens is 418 g/mol. The number of hydrogen-bond acceptors (Lipinski definition) is 11. The van der Waals surface area contributed by atoms with Crippen LogP contribution in [0.25, 0.3) is 0 Å². The second-order valence-corrected chi connectivity index (χ2v) is 7.50. The van der Waals surface area contributed by atoms with Gasteiger partial charge in [-0.25, -0.2) is 19.6 Å². The van der Waals surface area contributed by atoms with Crippen LogP contribution in [0, 0.1) is 6.92 Å². The third kappa shape index (κ3) is 5.81. The first-order valence-corrected chi connectivity index (χ1v) is 10.4. The van der Waals surface area contributed by atoms with Crippen LogP contribution < -0.4 is 16.8 Å². The molecule has 0 aromatic carbocycles. The number of esters is 2. The lowest BCUT2D eigenvalue weighted by Crippen LogP contribution is -2.16. The molecule has 5 N–H and O–H groups in total. The maximum absolute atomic E-state index is 12.4. The number of carbonyl (C=O) groups excluding carboxylic acids is 3. The fraction of sp³-hybridized carbons (Fsp3) is 0.353. The maximum atomic E-state index is 12.4. The second-order valence-electron chi connectivity index (χ2n) is 5.54. The second kappa shape index (κ2) is 10.1. The lowest BCUT2D eigenvalue weighted by Gasteiger charge is -2.07. The summed E-state index contributed by atoms with van der Waals surface area (Å²) < 4.78 is 10.1. The molecule has 0 bridgehead atoms. The zero-order valence-electron chi connectivity index (χ0n) is 16.1. The predicted octanol–water partition coefficient (Wildman–Crippen LogP) is 2.10. The molecule has 2 heterocycles. The first kappa shape index (κ1) is 22.4. The molecule has 2 aromatic heterocycles. The molecule has 0 aliphatic rings. The zero-order valence-corrected chi connectivity index (χ0v) is 17.7. The Morgan fingerprint density at radius 2 is 1.69 bits per heavy atom. The van der Waals surface area contributed by atoms with Crippen molar-refractivity contribution < 1.29 is 23.9 Å². The van der Waals surface area contributed by atoms with Crippen LogP contribution in [-0.4, -0.2) is 46.8 Å². The molecule has 10 nitrogen and oxygen atoms in total. The monoisotopic (exact) mass is 439 g/mol. The molecule has 2 rings (SSSR count). The van der Waals surface area contributed by atoms with E-state index in [4.69, 9.17) is 20.9 Å². The molecule has 2 aromatic rings. The van der Waals surface area contributed by atoms with E-state index in [1.165, 1.54) is 6.07 Å². The van der Waals surface area contributed by atoms with E-state index in [1.807, 2.05) is 0 Å². The smallest absolute Gasteiger partial charge is 0.348 e. The molecule has 0 saturated heterocycles. The summed E-state index contributed by atoms with van der Waals surface area (Å²) in [7, 11) is 0. The molecule has 29 heavy (non-hydrogen) atoms. The molecule has 0 saturated carbocycles. The van der Waals surface area contributed by atoms with Crippen molar-refractivity contribution in [2.24, 2.45) is 0 Å². The van der Waals surface area contributed by atoms with E-state index in [0.717, 1.165) is 23.1 Å². The van der Waals surface area contributed by atoms with Crippen molar-refractivity contribution in [1.82, 2.24) is 9.97 Å². The molecule has 0 atom stereocenters. The number of rotatable bonds is 8. The Morgan fingerprint density at radius 1 is 1.10 bits per heavy atom. The number of thioether (sulfide) groups is 1. The van der Waals surface area contributed by atoms with Gasteiger partial charge in [-0.2, -0.15) is 0 Å². The Morgan fingerprint density at radius 3 is 2.28 bits per heavy atom. The Labute approximate surface area is 175 Å². The number of hydrogen-bond donors (Lipinski definition) is 3. The van der Waals surface area contributed by atoms with Gasteiger partial charge in [0.2, 0.25) is 5.91 Å². The Kier molecular flexibility index (Phi) is 7.79. The van der Waals surface area contributed by atoms with Crippen LogP contribution in [0.4, 0.5) is 16.6 Å². The fourth-order valence-electron chi connectivity index (χ4n) is 2.26. The predicted molar refractivity (Wildman–Crippen MR) is 111 cm³/mol. The number of nitrogens with one attached hydrogen (secondary N) is 1. The van der Waals surface area contributed by atoms with Gasteiger partial charge in [0, 0.05) is 6.07 Å². The van der Waals surface area contributed by atoms with Crippen molar-refractivity contribution in [1.29, 1.82) is 0 Å². The van der Waals surface area contributed by atoms with Crippen molar-refractivity contribution in [3.05, 3.63) is 22.1 Å². The van der Waals surface area contributed by atoms with Crippen LogP contribution in [0.15, 0.2) is 11.2 Å². The van der Waals surface area contributed by atoms with Crippen LogP contribution >= 0.6 is 23.1 Å². The van der Waals surface area contributed by atoms with Crippen LogP contribution in [0.2, 0.25) is 0 Å². The minimum absolute atomic E-state index is 0.0587. The van der Waals surface area contributed by atoms with Gasteiger partial charge in [-0.15, -0.1) is 11.3 Å². The molecule has 0 spiro atoms. The van der Waals surface area contributed by atoms with E-state index in [-0.39, 0.29) is 51.2 Å². The van der Waals surface area contributed by atoms with Crippen molar-refractivity contribution in [3.63, 3.8) is 0 Å². The zero-order chi connectivity index (χ0) is 21.6. The molecule has 12 heteroatoms. The summed E-state index contributed by atoms with van der Waals surface area (Å²) >= 11 is 1.98. The number of nitrogens with zero attached hydrogens (tertiary/aromatic N) is 2. The molecule has 156 valence electrons. The SMILES string of the molecule is CCOC(=O)c1sc(NC(=O)CSc2nc(N)cc(N)n2)c(C(=O)OCC)c1C. The van der Waals surface area contributed by atoms with Gasteiger partial charge in [0.1, 0.15) is 21.5 Å². The summed E-state index contributed by atoms with van der Waals surface area (Å²) in [6.07, 6.45) is 0. The quantitative estimate of drug-likeness (QED) is 0.316. The van der Waals surface area contributed by atoms with Crippen molar-refractivity contribution in [3.8, 4) is 0 Å². The number of amides is 1. The van der Waals surface area contributed by atoms with Gasteiger partial charge in [0.15, 0.2) is 5.16 Å². The summed E-state index contributed by atoms with van der Waals surface area (Å²) in [5, 5.41) is 3.10. The molecular formula is C17H21N5O5S2. The van der Waals surface area contributed by atoms with E-state index in [1.54, 1.807) is 20.8 Å². The topological polar surface area (TPSA) is 160 Å². The first-order valence-electron chi connectivity index (χ1n) is 8.57. The van der Waals surface area contributed by atoms with Gasteiger partial charge in [-0.1, -0.05) is 11.8 Å². The summed E-state index contributed by atoms with van der Waals surface area (Å²) in [6, 6.07) is 1.40. The van der Waals surface area contributed by atoms with Gasteiger partial charge < -0.3 is 26.3 Å². The standard InChI is InChI=1S/C17H21N5O5S2/c1-4-26-15(24)12-8(3)13(16(25)27-5-2)29-14(12)22-11(23)7-28-17-20-9(18)6-10(19)21-17/h6H,4-5,7H2,1-3H3,(H,22,23)(H4,18,19,20,21). The Hall–Kier alpha value is -2.86. The summed E-state index contributed by atoms with van der Waals surface area (Å²) in [6.45, 7) is 5.28. The van der Waals surface area contributed by atoms with E-state index in [0.29, 0.717) is 5.56 Å². The van der Waals surface area contributed by atoms with Crippen LogP contribution in [0.3, 0.4) is 0 Å². The lowest BCUT2D eigenvalue weighted by atomic mass is 10.1. The highest BCUT2D eigenvalue weighted by Gasteiger charge is 2.27. The first-order chi connectivity index (χ1) is 13.8. The lowest BCUT2D eigenvalue weighted by molar-refractivity contribution is -0.113. The fourth-order valence-corrected chi connectivity index (χ4v) is 4.04. The number of carbonyl (C=O) groups is 3. The molecule has 1 amide bonds. The third-order valence-electron chi connectivity index (χ3n) is 3.42. The summed E-state index contributed by atoms with van der Waals surface area (Å²) in [5.41, 5.74) is 11.7. The Bertz CT molecular complexity index is 911. The van der Waals surface area contributed by atoms with Crippen molar-refractivity contribution in [2.45, 2.75) is 25.9 Å². The average molecular weight is 440 g/mol. The summed E-state index contributed by atoms with van der Waals surface area (Å²) in [5.74, 6) is -1.31. The third-order valence-corrected chi connectivity index (χ3v) is 5.45. The summed E-state index contributed by atoms with van der Waals surface area (Å²) in [4.78, 5) is 45.1. The number of ether oxygens (including phenoxy) is 2. The van der Waals surface area contributed by atoms with Crippen molar-refractivity contribution >= 4 is 57.6 Å². The van der Waals surface area contributed by atoms with Gasteiger partial charge >= 0.3 is 11.9 Å². The normalized spacial score (nSPS) is 10.4. The number of aromatic nitrogens is 2. The minimum atomic E-state index is -0.633. The van der Waals surface area contributed by atoms with E-state index in [9.17, 15) is 14.4 Å². The maximum Gasteiger partial charge on any atom is 0.348 e. The highest BCUT2D eigenvalue weighted by Crippen LogP contribution is 2.34. The van der Waals surface area contributed by atoms with Gasteiger partial charge in [0.05, 0.1) is 24.5 Å². The number of nitrogen functional groups attached to an aromatic ring is 2. The molecule has 0 aliphatic heterocycles. The number of anilines is 3.